The zero-order valence-corrected chi connectivity index (χ0v) is 10.8. The van der Waals surface area contributed by atoms with Crippen LogP contribution in [0.2, 0.25) is 0 Å². The van der Waals surface area contributed by atoms with E-state index >= 15 is 0 Å². The second kappa shape index (κ2) is 5.73. The van der Waals surface area contributed by atoms with Gasteiger partial charge in [0.2, 0.25) is 0 Å². The Morgan fingerprint density at radius 3 is 3.11 bits per heavy atom. The summed E-state index contributed by atoms with van der Waals surface area (Å²) in [5.41, 5.74) is 1.47. The third-order valence-corrected chi connectivity index (χ3v) is 3.14. The largest absolute Gasteiger partial charge is 0.480 e. The first kappa shape index (κ1) is 13.4. The van der Waals surface area contributed by atoms with Crippen LogP contribution in [0, 0.1) is 0 Å². The minimum atomic E-state index is -1.04. The van der Waals surface area contributed by atoms with Crippen LogP contribution in [-0.4, -0.2) is 44.7 Å². The number of fused-ring (bicyclic) bond motifs is 1. The molecule has 1 aromatic rings. The van der Waals surface area contributed by atoms with Crippen LogP contribution in [0.25, 0.3) is 0 Å². The van der Waals surface area contributed by atoms with Crippen LogP contribution in [0.3, 0.4) is 0 Å². The fourth-order valence-corrected chi connectivity index (χ4v) is 2.04. The third kappa shape index (κ3) is 2.86. The number of carbonyl (C=O) groups is 2. The van der Waals surface area contributed by atoms with Gasteiger partial charge in [0, 0.05) is 6.42 Å². The van der Waals surface area contributed by atoms with Gasteiger partial charge >= 0.3 is 12.1 Å². The van der Waals surface area contributed by atoms with Crippen LogP contribution < -0.4 is 0 Å². The number of carboxylic acid groups (broad SMARTS) is 1. The van der Waals surface area contributed by atoms with Gasteiger partial charge in [0.25, 0.3) is 0 Å². The molecule has 1 unspecified atom stereocenters. The third-order valence-electron chi connectivity index (χ3n) is 3.14. The molecule has 2 heterocycles. The highest BCUT2D eigenvalue weighted by Gasteiger charge is 2.36. The van der Waals surface area contributed by atoms with Gasteiger partial charge in [-0.15, -0.1) is 0 Å². The molecule has 7 heteroatoms. The van der Waals surface area contributed by atoms with E-state index in [4.69, 9.17) is 4.74 Å². The number of aliphatic carboxylic acids is 1. The summed E-state index contributed by atoms with van der Waals surface area (Å²) in [6, 6.07) is -0.912. The van der Waals surface area contributed by atoms with Crippen LogP contribution >= 0.6 is 0 Å². The number of nitrogens with zero attached hydrogens (tertiary/aromatic N) is 2. The number of hydrogen-bond donors (Lipinski definition) is 2. The molecule has 0 saturated carbocycles. The SMILES string of the molecule is CCCCOC(=O)N1Cc2[nH]cnc2CC1C(=O)O. The number of rotatable bonds is 4. The number of aromatic nitrogens is 2. The summed E-state index contributed by atoms with van der Waals surface area (Å²) in [4.78, 5) is 31.4. The van der Waals surface area contributed by atoms with E-state index in [1.165, 1.54) is 11.2 Å². The highest BCUT2D eigenvalue weighted by atomic mass is 16.6. The standard InChI is InChI=1S/C12H17N3O4/c1-2-3-4-19-12(18)15-6-9-8(13-7-14-9)5-10(15)11(16)17/h7,10H,2-6H2,1H3,(H,13,14)(H,16,17). The zero-order valence-electron chi connectivity index (χ0n) is 10.8. The lowest BCUT2D eigenvalue weighted by Gasteiger charge is -2.31. The number of hydrogen-bond acceptors (Lipinski definition) is 4. The van der Waals surface area contributed by atoms with Crippen LogP contribution in [0.5, 0.6) is 0 Å². The van der Waals surface area contributed by atoms with Crippen LogP contribution in [0.15, 0.2) is 6.33 Å². The van der Waals surface area contributed by atoms with Crippen molar-refractivity contribution in [2.75, 3.05) is 6.61 Å². The topological polar surface area (TPSA) is 95.5 Å². The van der Waals surface area contributed by atoms with Crippen molar-refractivity contribution in [3.8, 4) is 0 Å². The summed E-state index contributed by atoms with van der Waals surface area (Å²) in [7, 11) is 0. The molecule has 1 amide bonds. The Balaban J connectivity index is 2.09. The molecule has 2 N–H and O–H groups in total. The fourth-order valence-electron chi connectivity index (χ4n) is 2.04. The lowest BCUT2D eigenvalue weighted by Crippen LogP contribution is -2.49. The first-order valence-corrected chi connectivity index (χ1v) is 6.30. The molecule has 1 aliphatic heterocycles. The first-order chi connectivity index (χ1) is 9.13. The van der Waals surface area contributed by atoms with Gasteiger partial charge in [-0.25, -0.2) is 14.6 Å². The fraction of sp³-hybridized carbons (Fsp3) is 0.583. The molecule has 1 aromatic heterocycles. The van der Waals surface area contributed by atoms with Crippen LogP contribution in [0.1, 0.15) is 31.2 Å². The molecule has 0 aliphatic carbocycles. The quantitative estimate of drug-likeness (QED) is 0.798. The molecule has 2 rings (SSSR count). The number of unbranched alkanes of at least 4 members (excludes halogenated alkanes) is 1. The molecule has 1 aliphatic rings. The van der Waals surface area contributed by atoms with E-state index in [9.17, 15) is 14.7 Å². The molecule has 0 saturated heterocycles. The smallest absolute Gasteiger partial charge is 0.410 e. The van der Waals surface area contributed by atoms with Crippen molar-refractivity contribution in [3.63, 3.8) is 0 Å². The predicted molar refractivity (Wildman–Crippen MR) is 65.5 cm³/mol. The Labute approximate surface area is 110 Å². The molecule has 19 heavy (non-hydrogen) atoms. The van der Waals surface area contributed by atoms with Gasteiger partial charge in [-0.2, -0.15) is 0 Å². The minimum absolute atomic E-state index is 0.192. The number of amides is 1. The second-order valence-electron chi connectivity index (χ2n) is 4.48. The predicted octanol–water partition coefficient (Wildman–Crippen LogP) is 1.16. The monoisotopic (exact) mass is 267 g/mol. The summed E-state index contributed by atoms with van der Waals surface area (Å²) in [6.07, 6.45) is 2.82. The number of H-pyrrole nitrogens is 1. The average molecular weight is 267 g/mol. The van der Waals surface area contributed by atoms with Gasteiger partial charge in [0.1, 0.15) is 6.04 Å². The number of carboxylic acids is 1. The van der Waals surface area contributed by atoms with Crippen molar-refractivity contribution in [3.05, 3.63) is 17.7 Å². The Morgan fingerprint density at radius 2 is 2.42 bits per heavy atom. The maximum Gasteiger partial charge on any atom is 0.410 e. The molecule has 104 valence electrons. The van der Waals surface area contributed by atoms with Gasteiger partial charge < -0.3 is 14.8 Å². The van der Waals surface area contributed by atoms with Gasteiger partial charge in [0.05, 0.1) is 30.9 Å². The Kier molecular flexibility index (Phi) is 4.03. The Hall–Kier alpha value is -2.05. The van der Waals surface area contributed by atoms with E-state index in [-0.39, 0.29) is 13.0 Å². The van der Waals surface area contributed by atoms with E-state index in [0.717, 1.165) is 18.5 Å². The van der Waals surface area contributed by atoms with Crippen molar-refractivity contribution in [1.29, 1.82) is 0 Å². The van der Waals surface area contributed by atoms with Gasteiger partial charge in [0.15, 0.2) is 0 Å². The van der Waals surface area contributed by atoms with E-state index in [1.54, 1.807) is 0 Å². The molecule has 0 bridgehead atoms. The van der Waals surface area contributed by atoms with Gasteiger partial charge in [-0.05, 0) is 6.42 Å². The highest BCUT2D eigenvalue weighted by molar-refractivity contribution is 5.80. The van der Waals surface area contributed by atoms with Crippen molar-refractivity contribution in [2.24, 2.45) is 0 Å². The lowest BCUT2D eigenvalue weighted by molar-refractivity contribution is -0.143. The van der Waals surface area contributed by atoms with Gasteiger partial charge in [-0.3, -0.25) is 4.90 Å². The molecular formula is C12H17N3O4. The summed E-state index contributed by atoms with van der Waals surface area (Å²) >= 11 is 0. The molecule has 7 nitrogen and oxygen atoms in total. The normalized spacial score (nSPS) is 17.9. The van der Waals surface area contributed by atoms with Gasteiger partial charge in [-0.1, -0.05) is 13.3 Å². The average Bonchev–Trinajstić information content (AvgIpc) is 2.84. The number of aromatic amines is 1. The van der Waals surface area contributed by atoms with E-state index in [1.807, 2.05) is 6.92 Å². The number of ether oxygens (including phenoxy) is 1. The van der Waals surface area contributed by atoms with E-state index < -0.39 is 18.1 Å². The lowest BCUT2D eigenvalue weighted by atomic mass is 10.0. The Morgan fingerprint density at radius 1 is 1.63 bits per heavy atom. The maximum absolute atomic E-state index is 11.9. The van der Waals surface area contributed by atoms with Crippen molar-refractivity contribution in [2.45, 2.75) is 38.8 Å². The summed E-state index contributed by atoms with van der Waals surface area (Å²) < 4.78 is 5.08. The summed E-state index contributed by atoms with van der Waals surface area (Å²) in [5.74, 6) is -1.04. The summed E-state index contributed by atoms with van der Waals surface area (Å²) in [6.45, 7) is 2.50. The Bertz CT molecular complexity index is 471. The van der Waals surface area contributed by atoms with E-state index in [2.05, 4.69) is 9.97 Å². The zero-order chi connectivity index (χ0) is 13.8. The molecular weight excluding hydrogens is 250 g/mol. The van der Waals surface area contributed by atoms with Crippen molar-refractivity contribution < 1.29 is 19.4 Å². The minimum Gasteiger partial charge on any atom is -0.480 e. The molecule has 1 atom stereocenters. The molecule has 0 fully saturated rings. The second-order valence-corrected chi connectivity index (χ2v) is 4.48. The van der Waals surface area contributed by atoms with Crippen molar-refractivity contribution in [1.82, 2.24) is 14.9 Å². The van der Waals surface area contributed by atoms with Crippen LogP contribution in [-0.2, 0) is 22.5 Å². The molecule has 0 radical (unpaired) electrons. The molecule has 0 spiro atoms. The number of carbonyl (C=O) groups excluding carboxylic acids is 1. The van der Waals surface area contributed by atoms with Crippen molar-refractivity contribution >= 4 is 12.1 Å². The van der Waals surface area contributed by atoms with Crippen LogP contribution in [0.4, 0.5) is 4.79 Å². The number of nitrogens with one attached hydrogen (secondary N) is 1. The maximum atomic E-state index is 11.9. The molecule has 0 aromatic carbocycles. The number of imidazole rings is 1. The highest BCUT2D eigenvalue weighted by Crippen LogP contribution is 2.21. The summed E-state index contributed by atoms with van der Waals surface area (Å²) in [5, 5.41) is 9.20. The van der Waals surface area contributed by atoms with E-state index in [0.29, 0.717) is 12.3 Å². The first-order valence-electron chi connectivity index (χ1n) is 6.30.